The van der Waals surface area contributed by atoms with Crippen LogP contribution < -0.4 is 15.0 Å². The molecule has 0 spiro atoms. The van der Waals surface area contributed by atoms with Crippen molar-refractivity contribution in [2.24, 2.45) is 0 Å². The van der Waals surface area contributed by atoms with Gasteiger partial charge in [0.25, 0.3) is 0 Å². The molecule has 0 atom stereocenters. The molecule has 1 N–H and O–H groups in total. The number of rotatable bonds is 5. The van der Waals surface area contributed by atoms with Crippen LogP contribution in [0.1, 0.15) is 6.92 Å². The van der Waals surface area contributed by atoms with Crippen molar-refractivity contribution in [1.82, 2.24) is 9.97 Å². The molecule has 1 aromatic heterocycles. The molecule has 0 radical (unpaired) electrons. The maximum absolute atomic E-state index is 5.36. The topological polar surface area (TPSA) is 50.3 Å². The maximum atomic E-state index is 5.36. The van der Waals surface area contributed by atoms with Gasteiger partial charge in [-0.3, -0.25) is 4.98 Å². The van der Waals surface area contributed by atoms with Gasteiger partial charge in [0.15, 0.2) is 5.82 Å². The highest BCUT2D eigenvalue weighted by Gasteiger charge is 2.11. The van der Waals surface area contributed by atoms with E-state index in [1.54, 1.807) is 19.5 Å². The summed E-state index contributed by atoms with van der Waals surface area (Å²) in [6.45, 7) is 2.84. The van der Waals surface area contributed by atoms with Crippen LogP contribution in [0.3, 0.4) is 0 Å². The van der Waals surface area contributed by atoms with Gasteiger partial charge in [0.1, 0.15) is 11.6 Å². The van der Waals surface area contributed by atoms with E-state index in [1.807, 2.05) is 43.1 Å². The number of nitrogens with one attached hydrogen (secondary N) is 1. The Morgan fingerprint density at radius 1 is 1.26 bits per heavy atom. The summed E-state index contributed by atoms with van der Waals surface area (Å²) in [4.78, 5) is 10.7. The molecule has 1 aromatic carbocycles. The second kappa shape index (κ2) is 6.04. The molecular weight excluding hydrogens is 240 g/mol. The van der Waals surface area contributed by atoms with Crippen LogP contribution in [-0.4, -0.2) is 30.7 Å². The van der Waals surface area contributed by atoms with E-state index in [-0.39, 0.29) is 0 Å². The van der Waals surface area contributed by atoms with E-state index in [0.717, 1.165) is 29.6 Å². The van der Waals surface area contributed by atoms with E-state index >= 15 is 0 Å². The largest absolute Gasteiger partial charge is 0.495 e. The zero-order chi connectivity index (χ0) is 13.7. The van der Waals surface area contributed by atoms with Crippen LogP contribution in [-0.2, 0) is 0 Å². The molecule has 19 heavy (non-hydrogen) atoms. The minimum atomic E-state index is 0.766. The Kier molecular flexibility index (Phi) is 4.18. The summed E-state index contributed by atoms with van der Waals surface area (Å²) in [6.07, 6.45) is 3.44. The number of aromatic nitrogens is 2. The second-order valence-electron chi connectivity index (χ2n) is 4.02. The third-order valence-corrected chi connectivity index (χ3v) is 2.77. The molecule has 2 rings (SSSR count). The van der Waals surface area contributed by atoms with Gasteiger partial charge in [-0.05, 0) is 19.1 Å². The number of nitrogens with zero attached hydrogens (tertiary/aromatic N) is 3. The van der Waals surface area contributed by atoms with E-state index in [2.05, 4.69) is 15.3 Å². The van der Waals surface area contributed by atoms with E-state index in [4.69, 9.17) is 4.74 Å². The molecular formula is C14H18N4O. The fraction of sp³-hybridized carbons (Fsp3) is 0.286. The molecule has 0 aliphatic carbocycles. The van der Waals surface area contributed by atoms with E-state index in [9.17, 15) is 0 Å². The predicted octanol–water partition coefficient (Wildman–Crippen LogP) is 2.68. The van der Waals surface area contributed by atoms with Gasteiger partial charge in [-0.15, -0.1) is 0 Å². The highest BCUT2D eigenvalue weighted by Crippen LogP contribution is 2.31. The zero-order valence-electron chi connectivity index (χ0n) is 11.4. The van der Waals surface area contributed by atoms with Crippen molar-refractivity contribution in [2.45, 2.75) is 6.92 Å². The lowest BCUT2D eigenvalue weighted by atomic mass is 10.2. The van der Waals surface area contributed by atoms with Gasteiger partial charge in [-0.25, -0.2) is 4.98 Å². The molecule has 2 aromatic rings. The van der Waals surface area contributed by atoms with Crippen molar-refractivity contribution in [3.05, 3.63) is 36.7 Å². The number of anilines is 3. The molecule has 0 saturated heterocycles. The Labute approximate surface area is 113 Å². The fourth-order valence-electron chi connectivity index (χ4n) is 1.81. The number of methoxy groups -OCH3 is 1. The lowest BCUT2D eigenvalue weighted by Gasteiger charge is -2.20. The third kappa shape index (κ3) is 2.93. The number of para-hydroxylation sites is 2. The lowest BCUT2D eigenvalue weighted by molar-refractivity contribution is 0.415. The second-order valence-corrected chi connectivity index (χ2v) is 4.02. The quantitative estimate of drug-likeness (QED) is 0.893. The molecule has 100 valence electrons. The van der Waals surface area contributed by atoms with E-state index in [0.29, 0.717) is 0 Å². The standard InChI is InChI=1S/C14H18N4O/c1-4-16-13-9-15-10-14(17-13)18(2)11-7-5-6-8-12(11)19-3/h5-10H,4H2,1-3H3,(H,16,17). The van der Waals surface area contributed by atoms with Crippen LogP contribution in [0.2, 0.25) is 0 Å². The monoisotopic (exact) mass is 258 g/mol. The first-order chi connectivity index (χ1) is 9.26. The van der Waals surface area contributed by atoms with Gasteiger partial charge < -0.3 is 15.0 Å². The first kappa shape index (κ1) is 13.1. The van der Waals surface area contributed by atoms with Gasteiger partial charge in [0.2, 0.25) is 0 Å². The van der Waals surface area contributed by atoms with Crippen molar-refractivity contribution < 1.29 is 4.74 Å². The van der Waals surface area contributed by atoms with Gasteiger partial charge in [0, 0.05) is 13.6 Å². The summed E-state index contributed by atoms with van der Waals surface area (Å²) in [5, 5.41) is 3.15. The first-order valence-corrected chi connectivity index (χ1v) is 6.19. The summed E-state index contributed by atoms with van der Waals surface area (Å²) >= 11 is 0. The molecule has 0 amide bonds. The molecule has 0 bridgehead atoms. The summed E-state index contributed by atoms with van der Waals surface area (Å²) in [6, 6.07) is 7.82. The maximum Gasteiger partial charge on any atom is 0.153 e. The average molecular weight is 258 g/mol. The normalized spacial score (nSPS) is 10.1. The first-order valence-electron chi connectivity index (χ1n) is 6.19. The van der Waals surface area contributed by atoms with Crippen molar-refractivity contribution in [3.8, 4) is 5.75 Å². The minimum Gasteiger partial charge on any atom is -0.495 e. The number of ether oxygens (including phenoxy) is 1. The van der Waals surface area contributed by atoms with Gasteiger partial charge in [0.05, 0.1) is 25.2 Å². The number of benzene rings is 1. The summed E-state index contributed by atoms with van der Waals surface area (Å²) in [5.74, 6) is 2.34. The van der Waals surface area contributed by atoms with Crippen molar-refractivity contribution in [2.75, 3.05) is 30.9 Å². The fourth-order valence-corrected chi connectivity index (χ4v) is 1.81. The van der Waals surface area contributed by atoms with Crippen LogP contribution in [0.5, 0.6) is 5.75 Å². The van der Waals surface area contributed by atoms with Gasteiger partial charge in [-0.1, -0.05) is 12.1 Å². The van der Waals surface area contributed by atoms with Gasteiger partial charge >= 0.3 is 0 Å². The molecule has 0 aliphatic heterocycles. The Hall–Kier alpha value is -2.30. The van der Waals surface area contributed by atoms with Crippen LogP contribution in [0.4, 0.5) is 17.3 Å². The van der Waals surface area contributed by atoms with E-state index < -0.39 is 0 Å². The molecule has 0 fully saturated rings. The molecule has 0 aliphatic rings. The van der Waals surface area contributed by atoms with Crippen LogP contribution in [0.15, 0.2) is 36.7 Å². The smallest absolute Gasteiger partial charge is 0.153 e. The SMILES string of the molecule is CCNc1cncc(N(C)c2ccccc2OC)n1. The zero-order valence-corrected chi connectivity index (χ0v) is 11.4. The Morgan fingerprint density at radius 2 is 2.05 bits per heavy atom. The highest BCUT2D eigenvalue weighted by molar-refractivity contribution is 5.66. The summed E-state index contributed by atoms with van der Waals surface area (Å²) < 4.78 is 5.36. The summed E-state index contributed by atoms with van der Waals surface area (Å²) in [7, 11) is 3.60. The van der Waals surface area contributed by atoms with Crippen molar-refractivity contribution in [3.63, 3.8) is 0 Å². The van der Waals surface area contributed by atoms with Crippen LogP contribution in [0.25, 0.3) is 0 Å². The van der Waals surface area contributed by atoms with E-state index in [1.165, 1.54) is 0 Å². The molecule has 5 nitrogen and oxygen atoms in total. The van der Waals surface area contributed by atoms with Crippen molar-refractivity contribution >= 4 is 17.3 Å². The highest BCUT2D eigenvalue weighted by atomic mass is 16.5. The minimum absolute atomic E-state index is 0.766. The number of hydrogen-bond acceptors (Lipinski definition) is 5. The van der Waals surface area contributed by atoms with Crippen LogP contribution in [0, 0.1) is 0 Å². The van der Waals surface area contributed by atoms with Crippen LogP contribution >= 0.6 is 0 Å². The Bertz CT molecular complexity index is 544. The predicted molar refractivity (Wildman–Crippen MR) is 77.3 cm³/mol. The molecule has 5 heteroatoms. The lowest BCUT2D eigenvalue weighted by Crippen LogP contribution is -2.13. The Balaban J connectivity index is 2.32. The third-order valence-electron chi connectivity index (χ3n) is 2.77. The van der Waals surface area contributed by atoms with Gasteiger partial charge in [-0.2, -0.15) is 0 Å². The molecule has 0 saturated carbocycles. The number of hydrogen-bond donors (Lipinski definition) is 1. The molecule has 0 unspecified atom stereocenters. The van der Waals surface area contributed by atoms with Crippen molar-refractivity contribution in [1.29, 1.82) is 0 Å². The average Bonchev–Trinajstić information content (AvgIpc) is 2.47. The Morgan fingerprint density at radius 3 is 2.79 bits per heavy atom. The molecule has 1 heterocycles. The summed E-state index contributed by atoms with van der Waals surface area (Å²) in [5.41, 5.74) is 0.952.